The zero-order valence-corrected chi connectivity index (χ0v) is 11.9. The highest BCUT2D eigenvalue weighted by Gasteiger charge is 2.05. The summed E-state index contributed by atoms with van der Waals surface area (Å²) in [5, 5.41) is 3.44. The van der Waals surface area contributed by atoms with Crippen LogP contribution in [0.3, 0.4) is 0 Å². The van der Waals surface area contributed by atoms with E-state index in [4.69, 9.17) is 11.6 Å². The molecule has 1 N–H and O–H groups in total. The maximum absolute atomic E-state index is 13.0. The first kappa shape index (κ1) is 13.2. The van der Waals surface area contributed by atoms with Gasteiger partial charge in [-0.25, -0.2) is 14.4 Å². The van der Waals surface area contributed by atoms with Crippen LogP contribution in [0.15, 0.2) is 28.7 Å². The highest BCUT2D eigenvalue weighted by molar-refractivity contribution is 9.10. The Kier molecular flexibility index (Phi) is 4.14. The van der Waals surface area contributed by atoms with Gasteiger partial charge in [-0.3, -0.25) is 0 Å². The van der Waals surface area contributed by atoms with Gasteiger partial charge in [0.15, 0.2) is 0 Å². The molecule has 0 unspecified atom stereocenters. The van der Waals surface area contributed by atoms with Crippen molar-refractivity contribution < 1.29 is 4.39 Å². The molecule has 2 rings (SSSR count). The van der Waals surface area contributed by atoms with E-state index in [1.54, 1.807) is 12.1 Å². The number of nitrogens with zero attached hydrogens (tertiary/aromatic N) is 2. The lowest BCUT2D eigenvalue weighted by Crippen LogP contribution is -2.00. The Balaban J connectivity index is 2.30. The van der Waals surface area contributed by atoms with Gasteiger partial charge in [-0.15, -0.1) is 0 Å². The number of rotatable bonds is 3. The van der Waals surface area contributed by atoms with Crippen molar-refractivity contribution in [2.24, 2.45) is 0 Å². The maximum Gasteiger partial charge on any atom is 0.135 e. The third-order valence-corrected chi connectivity index (χ3v) is 3.10. The van der Waals surface area contributed by atoms with Gasteiger partial charge >= 0.3 is 0 Å². The summed E-state index contributed by atoms with van der Waals surface area (Å²) in [5.74, 6) is 0.935. The third kappa shape index (κ3) is 3.17. The Labute approximate surface area is 118 Å². The second kappa shape index (κ2) is 5.63. The van der Waals surface area contributed by atoms with Gasteiger partial charge in [-0.1, -0.05) is 18.5 Å². The molecule has 3 nitrogen and oxygen atoms in total. The minimum Gasteiger partial charge on any atom is -0.339 e. The van der Waals surface area contributed by atoms with Crippen molar-refractivity contribution in [2.75, 3.05) is 5.32 Å². The van der Waals surface area contributed by atoms with Gasteiger partial charge in [0, 0.05) is 17.0 Å². The summed E-state index contributed by atoms with van der Waals surface area (Å²) >= 11 is 9.18. The van der Waals surface area contributed by atoms with Gasteiger partial charge in [0.1, 0.15) is 22.6 Å². The Morgan fingerprint density at radius 2 is 2.11 bits per heavy atom. The summed E-state index contributed by atoms with van der Waals surface area (Å²) in [6.45, 7) is 1.95. The van der Waals surface area contributed by atoms with Crippen molar-refractivity contribution in [3.05, 3.63) is 45.5 Å². The topological polar surface area (TPSA) is 37.8 Å². The molecule has 0 fully saturated rings. The molecule has 1 aromatic heterocycles. The summed E-state index contributed by atoms with van der Waals surface area (Å²) in [6, 6.07) is 6.00. The minimum absolute atomic E-state index is 0.303. The fraction of sp³-hybridized carbons (Fsp3) is 0.167. The summed E-state index contributed by atoms with van der Waals surface area (Å²) in [5.41, 5.74) is 0.716. The Morgan fingerprint density at radius 3 is 2.78 bits per heavy atom. The molecule has 0 amide bonds. The van der Waals surface area contributed by atoms with Crippen LogP contribution in [0.2, 0.25) is 5.15 Å². The molecule has 18 heavy (non-hydrogen) atoms. The number of hydrogen-bond donors (Lipinski definition) is 1. The average Bonchev–Trinajstić information content (AvgIpc) is 2.32. The molecule has 1 heterocycles. The molecule has 0 spiro atoms. The number of benzene rings is 1. The molecule has 0 bridgehead atoms. The van der Waals surface area contributed by atoms with Crippen LogP contribution in [0.25, 0.3) is 0 Å². The van der Waals surface area contributed by atoms with Crippen molar-refractivity contribution in [1.82, 2.24) is 9.97 Å². The normalized spacial score (nSPS) is 10.4. The third-order valence-electron chi connectivity index (χ3n) is 2.25. The van der Waals surface area contributed by atoms with Gasteiger partial charge in [0.2, 0.25) is 0 Å². The van der Waals surface area contributed by atoms with Crippen molar-refractivity contribution in [3.8, 4) is 0 Å². The number of nitrogens with one attached hydrogen (secondary N) is 1. The summed E-state index contributed by atoms with van der Waals surface area (Å²) < 4.78 is 13.6. The number of aromatic nitrogens is 2. The first-order valence-electron chi connectivity index (χ1n) is 5.34. The second-order valence-electron chi connectivity index (χ2n) is 3.59. The maximum atomic E-state index is 13.0. The van der Waals surface area contributed by atoms with E-state index in [0.717, 1.165) is 0 Å². The average molecular weight is 331 g/mol. The van der Waals surface area contributed by atoms with Crippen LogP contribution in [0.4, 0.5) is 15.9 Å². The number of hydrogen-bond acceptors (Lipinski definition) is 3. The van der Waals surface area contributed by atoms with Crippen LogP contribution in [0, 0.1) is 5.82 Å². The van der Waals surface area contributed by atoms with E-state index in [1.165, 1.54) is 12.1 Å². The molecule has 6 heteroatoms. The summed E-state index contributed by atoms with van der Waals surface area (Å²) in [6.07, 6.45) is 0.694. The van der Waals surface area contributed by atoms with Gasteiger partial charge in [0.05, 0.1) is 5.69 Å². The molecular weight excluding hydrogens is 321 g/mol. The Morgan fingerprint density at radius 1 is 1.33 bits per heavy atom. The lowest BCUT2D eigenvalue weighted by Gasteiger charge is -2.09. The Bertz CT molecular complexity index is 577. The molecule has 0 aliphatic heterocycles. The largest absolute Gasteiger partial charge is 0.339 e. The molecule has 0 radical (unpaired) electrons. The van der Waals surface area contributed by atoms with Crippen LogP contribution in [0.5, 0.6) is 0 Å². The Hall–Kier alpha value is -1.20. The number of aryl methyl sites for hydroxylation is 1. The van der Waals surface area contributed by atoms with E-state index >= 15 is 0 Å². The molecule has 1 aromatic carbocycles. The first-order valence-corrected chi connectivity index (χ1v) is 6.51. The smallest absolute Gasteiger partial charge is 0.135 e. The van der Waals surface area contributed by atoms with Crippen molar-refractivity contribution in [2.45, 2.75) is 13.3 Å². The highest BCUT2D eigenvalue weighted by atomic mass is 79.9. The van der Waals surface area contributed by atoms with Gasteiger partial charge < -0.3 is 5.32 Å². The standard InChI is InChI=1S/C12H10BrClFN3/c1-2-11-17-10(14)6-12(18-11)16-9-4-3-7(15)5-8(9)13/h3-6H,2H2,1H3,(H,16,17,18). The van der Waals surface area contributed by atoms with Crippen LogP contribution in [-0.4, -0.2) is 9.97 Å². The number of halogens is 3. The summed E-state index contributed by atoms with van der Waals surface area (Å²) in [7, 11) is 0. The molecule has 2 aromatic rings. The fourth-order valence-electron chi connectivity index (χ4n) is 1.42. The van der Waals surface area contributed by atoms with E-state index in [1.807, 2.05) is 6.92 Å². The van der Waals surface area contributed by atoms with Crippen LogP contribution >= 0.6 is 27.5 Å². The van der Waals surface area contributed by atoms with E-state index < -0.39 is 0 Å². The molecule has 0 saturated heterocycles. The van der Waals surface area contributed by atoms with Crippen molar-refractivity contribution >= 4 is 39.0 Å². The fourth-order valence-corrected chi connectivity index (χ4v) is 2.07. The van der Waals surface area contributed by atoms with Crippen molar-refractivity contribution in [1.29, 1.82) is 0 Å². The van der Waals surface area contributed by atoms with E-state index in [9.17, 15) is 4.39 Å². The minimum atomic E-state index is -0.303. The van der Waals surface area contributed by atoms with E-state index in [0.29, 0.717) is 33.4 Å². The first-order chi connectivity index (χ1) is 8.58. The highest BCUT2D eigenvalue weighted by Crippen LogP contribution is 2.26. The predicted molar refractivity (Wildman–Crippen MR) is 73.8 cm³/mol. The molecule has 0 aliphatic carbocycles. The monoisotopic (exact) mass is 329 g/mol. The SMILES string of the molecule is CCc1nc(Cl)cc(Nc2ccc(F)cc2Br)n1. The van der Waals surface area contributed by atoms with Crippen LogP contribution in [0.1, 0.15) is 12.7 Å². The van der Waals surface area contributed by atoms with Crippen LogP contribution in [-0.2, 0) is 6.42 Å². The molecule has 0 atom stereocenters. The molecule has 94 valence electrons. The number of anilines is 2. The molecule has 0 aliphatic rings. The van der Waals surface area contributed by atoms with E-state index in [2.05, 4.69) is 31.2 Å². The van der Waals surface area contributed by atoms with Gasteiger partial charge in [0.25, 0.3) is 0 Å². The molecular formula is C12H10BrClFN3. The predicted octanol–water partition coefficient (Wildman–Crippen LogP) is 4.34. The zero-order valence-electron chi connectivity index (χ0n) is 9.54. The van der Waals surface area contributed by atoms with Crippen molar-refractivity contribution in [3.63, 3.8) is 0 Å². The lowest BCUT2D eigenvalue weighted by atomic mass is 10.3. The zero-order chi connectivity index (χ0) is 13.1. The second-order valence-corrected chi connectivity index (χ2v) is 4.84. The lowest BCUT2D eigenvalue weighted by molar-refractivity contribution is 0.627. The quantitative estimate of drug-likeness (QED) is 0.851. The van der Waals surface area contributed by atoms with Crippen LogP contribution < -0.4 is 5.32 Å². The molecule has 0 saturated carbocycles. The van der Waals surface area contributed by atoms with E-state index in [-0.39, 0.29) is 5.82 Å². The van der Waals surface area contributed by atoms with Gasteiger partial charge in [-0.2, -0.15) is 0 Å². The summed E-state index contributed by atoms with van der Waals surface area (Å²) in [4.78, 5) is 8.36. The van der Waals surface area contributed by atoms with Gasteiger partial charge in [-0.05, 0) is 34.1 Å².